The van der Waals surface area contributed by atoms with Crippen LogP contribution in [0.4, 0.5) is 0 Å². The zero-order valence-corrected chi connectivity index (χ0v) is 12.7. The third-order valence-electron chi connectivity index (χ3n) is 3.76. The summed E-state index contributed by atoms with van der Waals surface area (Å²) in [5.74, 6) is 0.574. The van der Waals surface area contributed by atoms with E-state index in [4.69, 9.17) is 5.73 Å². The molecule has 2 unspecified atom stereocenters. The van der Waals surface area contributed by atoms with Crippen LogP contribution in [0.3, 0.4) is 0 Å². The quantitative estimate of drug-likeness (QED) is 0.787. The minimum atomic E-state index is 0.0586. The second kappa shape index (κ2) is 6.78. The van der Waals surface area contributed by atoms with Crippen LogP contribution >= 0.6 is 11.8 Å². The second-order valence-electron chi connectivity index (χ2n) is 5.92. The molecule has 0 aromatic heterocycles. The van der Waals surface area contributed by atoms with Crippen LogP contribution in [0, 0.1) is 5.92 Å². The fourth-order valence-corrected chi connectivity index (χ4v) is 3.82. The minimum absolute atomic E-state index is 0.0586. The van der Waals surface area contributed by atoms with E-state index in [1.165, 1.54) is 35.3 Å². The van der Waals surface area contributed by atoms with Crippen molar-refractivity contribution in [3.63, 3.8) is 0 Å². The first-order valence-corrected chi connectivity index (χ1v) is 8.13. The van der Waals surface area contributed by atoms with Crippen molar-refractivity contribution in [2.45, 2.75) is 55.7 Å². The van der Waals surface area contributed by atoms with Gasteiger partial charge in [-0.3, -0.25) is 0 Å². The zero-order chi connectivity index (χ0) is 13.8. The number of nitrogens with two attached hydrogens (primary N) is 1. The van der Waals surface area contributed by atoms with E-state index in [-0.39, 0.29) is 17.9 Å². The highest BCUT2D eigenvalue weighted by Gasteiger charge is 2.20. The third-order valence-corrected chi connectivity index (χ3v) is 5.09. The van der Waals surface area contributed by atoms with Crippen molar-refractivity contribution in [2.75, 3.05) is 6.61 Å². The number of hydrogen-bond acceptors (Lipinski definition) is 3. The first-order valence-electron chi connectivity index (χ1n) is 7.25. The molecule has 0 fully saturated rings. The van der Waals surface area contributed by atoms with Crippen LogP contribution in [0.1, 0.15) is 37.8 Å². The van der Waals surface area contributed by atoms with Crippen LogP contribution in [0.15, 0.2) is 23.1 Å². The first-order chi connectivity index (χ1) is 9.10. The number of hydrogen-bond donors (Lipinski definition) is 2. The highest BCUT2D eigenvalue weighted by Crippen LogP contribution is 2.31. The van der Waals surface area contributed by atoms with E-state index < -0.39 is 0 Å². The molecule has 0 aliphatic heterocycles. The van der Waals surface area contributed by atoms with Gasteiger partial charge in [0, 0.05) is 16.2 Å². The first kappa shape index (κ1) is 14.9. The second-order valence-corrected chi connectivity index (χ2v) is 7.23. The molecule has 3 N–H and O–H groups in total. The summed E-state index contributed by atoms with van der Waals surface area (Å²) < 4.78 is 0. The van der Waals surface area contributed by atoms with Crippen molar-refractivity contribution in [3.05, 3.63) is 29.3 Å². The standard InChI is InChI=1S/C16H25NOS/c1-11(2)8-15(17)16(10-18)19-14-7-6-12-4-3-5-13(12)9-14/h6-7,9,11,15-16,18H,3-5,8,10,17H2,1-2H3. The molecule has 0 saturated carbocycles. The van der Waals surface area contributed by atoms with Crippen molar-refractivity contribution < 1.29 is 5.11 Å². The van der Waals surface area contributed by atoms with Crippen LogP contribution in [0.2, 0.25) is 0 Å². The zero-order valence-electron chi connectivity index (χ0n) is 11.9. The molecule has 2 rings (SSSR count). The lowest BCUT2D eigenvalue weighted by molar-refractivity contribution is 0.275. The fourth-order valence-electron chi connectivity index (χ4n) is 2.75. The number of aliphatic hydroxyl groups excluding tert-OH is 1. The Hall–Kier alpha value is -0.510. The molecule has 106 valence electrons. The van der Waals surface area contributed by atoms with Crippen molar-refractivity contribution >= 4 is 11.8 Å². The summed E-state index contributed by atoms with van der Waals surface area (Å²) in [6.07, 6.45) is 4.66. The van der Waals surface area contributed by atoms with E-state index in [2.05, 4.69) is 32.0 Å². The van der Waals surface area contributed by atoms with E-state index >= 15 is 0 Å². The van der Waals surface area contributed by atoms with E-state index in [0.29, 0.717) is 5.92 Å². The van der Waals surface area contributed by atoms with Crippen molar-refractivity contribution in [1.29, 1.82) is 0 Å². The topological polar surface area (TPSA) is 46.2 Å². The number of benzene rings is 1. The normalized spacial score (nSPS) is 17.5. The summed E-state index contributed by atoms with van der Waals surface area (Å²) in [5, 5.41) is 9.66. The smallest absolute Gasteiger partial charge is 0.0568 e. The van der Waals surface area contributed by atoms with E-state index in [9.17, 15) is 5.11 Å². The Kier molecular flexibility index (Phi) is 5.31. The number of aliphatic hydroxyl groups is 1. The maximum Gasteiger partial charge on any atom is 0.0568 e. The summed E-state index contributed by atoms with van der Waals surface area (Å²) in [6.45, 7) is 4.50. The van der Waals surface area contributed by atoms with Gasteiger partial charge in [-0.25, -0.2) is 0 Å². The number of aryl methyl sites for hydroxylation is 2. The molecule has 1 aliphatic carbocycles. The molecule has 1 aromatic rings. The predicted molar refractivity (Wildman–Crippen MR) is 82.6 cm³/mol. The van der Waals surface area contributed by atoms with Crippen molar-refractivity contribution in [3.8, 4) is 0 Å². The van der Waals surface area contributed by atoms with Gasteiger partial charge in [0.2, 0.25) is 0 Å². The number of rotatable bonds is 6. The van der Waals surface area contributed by atoms with Crippen LogP contribution in [-0.4, -0.2) is 23.0 Å². The summed E-state index contributed by atoms with van der Waals surface area (Å²) in [4.78, 5) is 1.25. The lowest BCUT2D eigenvalue weighted by Crippen LogP contribution is -2.36. The van der Waals surface area contributed by atoms with Gasteiger partial charge in [0.05, 0.1) is 6.61 Å². The molecular weight excluding hydrogens is 254 g/mol. The Labute approximate surface area is 120 Å². The van der Waals surface area contributed by atoms with Gasteiger partial charge in [0.1, 0.15) is 0 Å². The van der Waals surface area contributed by atoms with E-state index in [0.717, 1.165) is 6.42 Å². The van der Waals surface area contributed by atoms with Gasteiger partial charge >= 0.3 is 0 Å². The monoisotopic (exact) mass is 279 g/mol. The molecule has 0 spiro atoms. The maximum absolute atomic E-state index is 9.56. The van der Waals surface area contributed by atoms with Gasteiger partial charge in [0.15, 0.2) is 0 Å². The van der Waals surface area contributed by atoms with Gasteiger partial charge in [-0.05, 0) is 54.9 Å². The average molecular weight is 279 g/mol. The molecule has 19 heavy (non-hydrogen) atoms. The average Bonchev–Trinajstić information content (AvgIpc) is 2.82. The van der Waals surface area contributed by atoms with Crippen molar-refractivity contribution in [2.24, 2.45) is 11.7 Å². The molecule has 0 heterocycles. The molecule has 0 bridgehead atoms. The number of fused-ring (bicyclic) bond motifs is 1. The SMILES string of the molecule is CC(C)CC(N)C(CO)Sc1ccc2c(c1)CCC2. The Morgan fingerprint density at radius 2 is 2.00 bits per heavy atom. The summed E-state index contributed by atoms with van der Waals surface area (Å²) >= 11 is 1.73. The molecular formula is C16H25NOS. The lowest BCUT2D eigenvalue weighted by atomic mass is 10.0. The van der Waals surface area contributed by atoms with Gasteiger partial charge < -0.3 is 10.8 Å². The maximum atomic E-state index is 9.56. The van der Waals surface area contributed by atoms with Gasteiger partial charge in [-0.1, -0.05) is 19.9 Å². The molecule has 2 atom stereocenters. The van der Waals surface area contributed by atoms with Crippen molar-refractivity contribution in [1.82, 2.24) is 0 Å². The van der Waals surface area contributed by atoms with Gasteiger partial charge in [-0.2, -0.15) is 0 Å². The summed E-state index contributed by atoms with van der Waals surface area (Å²) in [5.41, 5.74) is 9.19. The van der Waals surface area contributed by atoms with Crippen LogP contribution in [0.25, 0.3) is 0 Å². The highest BCUT2D eigenvalue weighted by molar-refractivity contribution is 8.00. The molecule has 3 heteroatoms. The number of thioether (sulfide) groups is 1. The van der Waals surface area contributed by atoms with E-state index in [1.807, 2.05) is 0 Å². The predicted octanol–water partition coefficient (Wildman–Crippen LogP) is 3.00. The van der Waals surface area contributed by atoms with Crippen LogP contribution in [0.5, 0.6) is 0 Å². The van der Waals surface area contributed by atoms with Gasteiger partial charge in [0.25, 0.3) is 0 Å². The molecule has 1 aliphatic rings. The molecule has 0 radical (unpaired) electrons. The highest BCUT2D eigenvalue weighted by atomic mass is 32.2. The largest absolute Gasteiger partial charge is 0.395 e. The van der Waals surface area contributed by atoms with Gasteiger partial charge in [-0.15, -0.1) is 11.8 Å². The Morgan fingerprint density at radius 3 is 2.68 bits per heavy atom. The summed E-state index contributed by atoms with van der Waals surface area (Å²) in [6, 6.07) is 6.77. The van der Waals surface area contributed by atoms with E-state index in [1.54, 1.807) is 11.8 Å². The van der Waals surface area contributed by atoms with Crippen LogP contribution < -0.4 is 5.73 Å². The molecule has 1 aromatic carbocycles. The third kappa shape index (κ3) is 3.98. The summed E-state index contributed by atoms with van der Waals surface area (Å²) in [7, 11) is 0. The Morgan fingerprint density at radius 1 is 1.26 bits per heavy atom. The Bertz CT molecular complexity index is 419. The molecule has 0 amide bonds. The molecule has 2 nitrogen and oxygen atoms in total. The Balaban J connectivity index is 2.01. The molecule has 0 saturated heterocycles. The fraction of sp³-hybridized carbons (Fsp3) is 0.625. The minimum Gasteiger partial charge on any atom is -0.395 e. The van der Waals surface area contributed by atoms with Crippen LogP contribution in [-0.2, 0) is 12.8 Å². The lowest BCUT2D eigenvalue weighted by Gasteiger charge is -2.23.